The zero-order valence-corrected chi connectivity index (χ0v) is 21.9. The fraction of sp³-hybridized carbons (Fsp3) is 0.212. The molecule has 1 aliphatic carbocycles. The summed E-state index contributed by atoms with van der Waals surface area (Å²) < 4.78 is 40.0. The maximum Gasteiger partial charge on any atom is 0.263 e. The number of rotatable bonds is 7. The van der Waals surface area contributed by atoms with Gasteiger partial charge in [-0.1, -0.05) is 42.5 Å². The molecule has 3 atom stereocenters. The number of nitrogens with zero attached hydrogens (tertiary/aromatic N) is 1. The van der Waals surface area contributed by atoms with Crippen LogP contribution in [0.2, 0.25) is 0 Å². The standard InChI is InChI=1S/C33H28F3N3O/c1-20-14-29(38-26-12-10-25(34)11-13-26)24(17-37)16-27(20)33-19-39(18-28(33)30(33)21-6-3-2-4-7-21)32(40)23-9-5-8-22(15-23)31(35)36/h2-17,28,30-31,37-38H,18-19H2,1H3/t28-,30-,33+/m0/s1. The quantitative estimate of drug-likeness (QED) is 0.237. The third-order valence-electron chi connectivity index (χ3n) is 8.39. The summed E-state index contributed by atoms with van der Waals surface area (Å²) >= 11 is 0. The van der Waals surface area contributed by atoms with Gasteiger partial charge in [0.2, 0.25) is 0 Å². The van der Waals surface area contributed by atoms with E-state index in [1.807, 2.05) is 37.3 Å². The summed E-state index contributed by atoms with van der Waals surface area (Å²) in [7, 11) is 0. The van der Waals surface area contributed by atoms with Gasteiger partial charge in [0.25, 0.3) is 12.3 Å². The Morgan fingerprint density at radius 2 is 1.77 bits per heavy atom. The van der Waals surface area contributed by atoms with Crippen LogP contribution >= 0.6 is 0 Å². The molecule has 0 aromatic heterocycles. The lowest BCUT2D eigenvalue weighted by molar-refractivity contribution is 0.0768. The molecule has 2 fully saturated rings. The number of hydrogen-bond donors (Lipinski definition) is 2. The molecule has 1 heterocycles. The average Bonchev–Trinajstić information content (AvgIpc) is 3.42. The van der Waals surface area contributed by atoms with E-state index in [1.165, 1.54) is 42.1 Å². The van der Waals surface area contributed by atoms with Crippen LogP contribution in [-0.2, 0) is 5.41 Å². The van der Waals surface area contributed by atoms with Crippen LogP contribution in [-0.4, -0.2) is 30.1 Å². The van der Waals surface area contributed by atoms with Crippen molar-refractivity contribution in [3.8, 4) is 0 Å². The first-order chi connectivity index (χ1) is 19.3. The molecule has 4 nitrogen and oxygen atoms in total. The van der Waals surface area contributed by atoms with Crippen LogP contribution in [0.3, 0.4) is 0 Å². The number of benzene rings is 4. The molecule has 4 aromatic rings. The summed E-state index contributed by atoms with van der Waals surface area (Å²) in [5.74, 6) is -0.222. The molecule has 0 unspecified atom stereocenters. The molecule has 40 heavy (non-hydrogen) atoms. The number of aryl methyl sites for hydroxylation is 1. The van der Waals surface area contributed by atoms with Gasteiger partial charge < -0.3 is 15.6 Å². The molecule has 1 saturated carbocycles. The zero-order chi connectivity index (χ0) is 28.0. The predicted octanol–water partition coefficient (Wildman–Crippen LogP) is 7.62. The average molecular weight is 540 g/mol. The Balaban J connectivity index is 1.37. The summed E-state index contributed by atoms with van der Waals surface area (Å²) in [6.45, 7) is 3.01. The molecule has 2 N–H and O–H groups in total. The topological polar surface area (TPSA) is 56.2 Å². The van der Waals surface area contributed by atoms with E-state index >= 15 is 0 Å². The number of amides is 1. The zero-order valence-electron chi connectivity index (χ0n) is 21.9. The number of fused-ring (bicyclic) bond motifs is 1. The molecule has 1 aliphatic heterocycles. The summed E-state index contributed by atoms with van der Waals surface area (Å²) in [6, 6.07) is 26.0. The van der Waals surface area contributed by atoms with Crippen molar-refractivity contribution in [1.82, 2.24) is 4.90 Å². The van der Waals surface area contributed by atoms with Gasteiger partial charge >= 0.3 is 0 Å². The second-order valence-corrected chi connectivity index (χ2v) is 10.7. The number of piperidine rings is 1. The van der Waals surface area contributed by atoms with Crippen LogP contribution in [0.1, 0.15) is 50.5 Å². The van der Waals surface area contributed by atoms with Crippen molar-refractivity contribution < 1.29 is 18.0 Å². The molecule has 1 saturated heterocycles. The van der Waals surface area contributed by atoms with Gasteiger partial charge in [-0.2, -0.15) is 0 Å². The Hall–Kier alpha value is -4.39. The highest BCUT2D eigenvalue weighted by molar-refractivity contribution is 5.95. The largest absolute Gasteiger partial charge is 0.355 e. The fourth-order valence-corrected chi connectivity index (χ4v) is 6.55. The van der Waals surface area contributed by atoms with Crippen molar-refractivity contribution in [3.05, 3.63) is 130 Å². The predicted molar refractivity (Wildman–Crippen MR) is 150 cm³/mol. The number of carbonyl (C=O) groups excluding carboxylic acids is 1. The number of carbonyl (C=O) groups is 1. The van der Waals surface area contributed by atoms with Crippen molar-refractivity contribution in [2.75, 3.05) is 18.4 Å². The van der Waals surface area contributed by atoms with Gasteiger partial charge in [-0.05, 0) is 78.1 Å². The highest BCUT2D eigenvalue weighted by atomic mass is 19.3. The van der Waals surface area contributed by atoms with Crippen LogP contribution in [0.4, 0.5) is 24.5 Å². The Morgan fingerprint density at radius 3 is 2.48 bits per heavy atom. The number of anilines is 2. The van der Waals surface area contributed by atoms with Crippen molar-refractivity contribution in [2.24, 2.45) is 5.92 Å². The SMILES string of the molecule is Cc1cc(Nc2ccc(F)cc2)c(C=N)cc1[C@]12CN(C(=O)c3cccc(C(F)F)c3)C[C@H]1[C@@H]2c1ccccc1. The van der Waals surface area contributed by atoms with E-state index < -0.39 is 6.43 Å². The smallest absolute Gasteiger partial charge is 0.263 e. The van der Waals surface area contributed by atoms with E-state index in [2.05, 4.69) is 17.4 Å². The van der Waals surface area contributed by atoms with Gasteiger partial charge in [0, 0.05) is 58.7 Å². The molecule has 202 valence electrons. The third kappa shape index (κ3) is 4.35. The van der Waals surface area contributed by atoms with Gasteiger partial charge in [-0.25, -0.2) is 13.2 Å². The summed E-state index contributed by atoms with van der Waals surface area (Å²) in [4.78, 5) is 15.3. The minimum atomic E-state index is -2.64. The number of alkyl halides is 2. The molecule has 1 amide bonds. The molecular formula is C33H28F3N3O. The van der Waals surface area contributed by atoms with Crippen LogP contribution < -0.4 is 5.32 Å². The van der Waals surface area contributed by atoms with Crippen LogP contribution in [0.25, 0.3) is 0 Å². The molecule has 4 aromatic carbocycles. The van der Waals surface area contributed by atoms with Crippen molar-refractivity contribution in [2.45, 2.75) is 24.7 Å². The second-order valence-electron chi connectivity index (χ2n) is 10.7. The summed E-state index contributed by atoms with van der Waals surface area (Å²) in [5.41, 5.74) is 5.18. The lowest BCUT2D eigenvalue weighted by Gasteiger charge is -2.26. The van der Waals surface area contributed by atoms with Crippen molar-refractivity contribution >= 4 is 23.5 Å². The number of hydrogen-bond acceptors (Lipinski definition) is 3. The van der Waals surface area contributed by atoms with Gasteiger partial charge in [0.15, 0.2) is 0 Å². The van der Waals surface area contributed by atoms with Crippen LogP contribution in [0, 0.1) is 24.1 Å². The lowest BCUT2D eigenvalue weighted by atomic mass is 9.85. The Labute approximate surface area is 231 Å². The number of likely N-dealkylation sites (tertiary alicyclic amines) is 1. The molecule has 0 radical (unpaired) electrons. The Morgan fingerprint density at radius 1 is 1.02 bits per heavy atom. The van der Waals surface area contributed by atoms with Crippen LogP contribution in [0.15, 0.2) is 91.0 Å². The van der Waals surface area contributed by atoms with Crippen molar-refractivity contribution in [3.63, 3.8) is 0 Å². The van der Waals surface area contributed by atoms with Gasteiger partial charge in [-0.15, -0.1) is 0 Å². The van der Waals surface area contributed by atoms with E-state index in [0.717, 1.165) is 16.8 Å². The van der Waals surface area contributed by atoms with Gasteiger partial charge in [0.05, 0.1) is 0 Å². The molecule has 0 spiro atoms. The van der Waals surface area contributed by atoms with Crippen LogP contribution in [0.5, 0.6) is 0 Å². The first-order valence-corrected chi connectivity index (χ1v) is 13.2. The first kappa shape index (κ1) is 25.9. The lowest BCUT2D eigenvalue weighted by Crippen LogP contribution is -2.34. The number of halogens is 3. The Kier molecular flexibility index (Phi) is 6.45. The van der Waals surface area contributed by atoms with E-state index in [9.17, 15) is 18.0 Å². The maximum atomic E-state index is 13.5. The highest BCUT2D eigenvalue weighted by Crippen LogP contribution is 2.70. The molecule has 7 heteroatoms. The Bertz CT molecular complexity index is 1590. The van der Waals surface area contributed by atoms with E-state index in [4.69, 9.17) is 5.41 Å². The monoisotopic (exact) mass is 539 g/mol. The molecular weight excluding hydrogens is 511 g/mol. The minimum Gasteiger partial charge on any atom is -0.355 e. The first-order valence-electron chi connectivity index (χ1n) is 13.2. The highest BCUT2D eigenvalue weighted by Gasteiger charge is 2.70. The molecule has 6 rings (SSSR count). The minimum absolute atomic E-state index is 0.158. The summed E-state index contributed by atoms with van der Waals surface area (Å²) in [5, 5.41) is 11.4. The van der Waals surface area contributed by atoms with E-state index in [0.29, 0.717) is 24.3 Å². The van der Waals surface area contributed by atoms with Gasteiger partial charge in [0.1, 0.15) is 5.82 Å². The number of nitrogens with one attached hydrogen (secondary N) is 2. The molecule has 2 aliphatic rings. The molecule has 0 bridgehead atoms. The van der Waals surface area contributed by atoms with E-state index in [-0.39, 0.29) is 40.1 Å². The fourth-order valence-electron chi connectivity index (χ4n) is 6.55. The second kappa shape index (κ2) is 9.97. The van der Waals surface area contributed by atoms with E-state index in [1.54, 1.807) is 23.1 Å². The van der Waals surface area contributed by atoms with Crippen molar-refractivity contribution in [1.29, 1.82) is 5.41 Å². The normalized spacial score (nSPS) is 21.3. The third-order valence-corrected chi connectivity index (χ3v) is 8.39. The van der Waals surface area contributed by atoms with Gasteiger partial charge in [-0.3, -0.25) is 4.79 Å². The summed E-state index contributed by atoms with van der Waals surface area (Å²) in [6.07, 6.45) is -1.34. The maximum absolute atomic E-state index is 13.5.